The first-order valence-electron chi connectivity index (χ1n) is 6.72. The Bertz CT molecular complexity index is 490. The van der Waals surface area contributed by atoms with Gasteiger partial charge >= 0.3 is 6.09 Å². The summed E-state index contributed by atoms with van der Waals surface area (Å²) in [5.41, 5.74) is 2.63. The molecule has 1 amide bonds. The molecule has 1 N–H and O–H groups in total. The van der Waals surface area contributed by atoms with E-state index < -0.39 is 11.7 Å². The van der Waals surface area contributed by atoms with Crippen LogP contribution in [0.2, 0.25) is 0 Å². The van der Waals surface area contributed by atoms with Crippen LogP contribution in [-0.2, 0) is 10.2 Å². The summed E-state index contributed by atoms with van der Waals surface area (Å²) in [5, 5.41) is 3.68. The number of ether oxygens (including phenoxy) is 1. The first kappa shape index (κ1) is 17.0. The third-order valence-electron chi connectivity index (χ3n) is 2.98. The Balaban J connectivity index is 2.87. The van der Waals surface area contributed by atoms with Gasteiger partial charge in [-0.2, -0.15) is 0 Å². The Morgan fingerprint density at radius 3 is 2.30 bits per heavy atom. The molecule has 1 aromatic carbocycles. The van der Waals surface area contributed by atoms with E-state index in [0.29, 0.717) is 0 Å². The van der Waals surface area contributed by atoms with Gasteiger partial charge in [0.15, 0.2) is 0 Å². The second-order valence-electron chi connectivity index (χ2n) is 6.67. The van der Waals surface area contributed by atoms with Crippen LogP contribution in [0.4, 0.5) is 10.5 Å². The van der Waals surface area contributed by atoms with Crippen LogP contribution in [0.5, 0.6) is 0 Å². The monoisotopic (exact) mass is 341 g/mol. The molecule has 20 heavy (non-hydrogen) atoms. The second-order valence-corrected chi connectivity index (χ2v) is 7.23. The summed E-state index contributed by atoms with van der Waals surface area (Å²) in [5.74, 6) is 0. The van der Waals surface area contributed by atoms with E-state index in [1.165, 1.54) is 5.56 Å². The molecule has 1 rings (SSSR count). The van der Waals surface area contributed by atoms with Crippen molar-refractivity contribution < 1.29 is 9.53 Å². The van der Waals surface area contributed by atoms with Crippen molar-refractivity contribution in [2.75, 3.05) is 10.6 Å². The van der Waals surface area contributed by atoms with Crippen molar-refractivity contribution in [3.8, 4) is 0 Å². The lowest BCUT2D eigenvalue weighted by atomic mass is 9.86. The minimum absolute atomic E-state index is 0.0647. The third kappa shape index (κ3) is 4.82. The van der Waals surface area contributed by atoms with E-state index in [2.05, 4.69) is 41.2 Å². The van der Waals surface area contributed by atoms with Crippen LogP contribution in [-0.4, -0.2) is 17.0 Å². The molecule has 4 heteroatoms. The van der Waals surface area contributed by atoms with Gasteiger partial charge in [-0.25, -0.2) is 4.79 Å². The fourth-order valence-electron chi connectivity index (χ4n) is 1.72. The molecule has 0 heterocycles. The van der Waals surface area contributed by atoms with Crippen LogP contribution >= 0.6 is 15.9 Å². The van der Waals surface area contributed by atoms with E-state index in [4.69, 9.17) is 4.74 Å². The Labute approximate surface area is 130 Å². The fourth-order valence-corrected chi connectivity index (χ4v) is 2.04. The number of benzene rings is 1. The molecule has 0 fully saturated rings. The molecule has 0 aliphatic rings. The van der Waals surface area contributed by atoms with Gasteiger partial charge in [-0.15, -0.1) is 0 Å². The molecule has 1 aromatic rings. The van der Waals surface area contributed by atoms with Crippen molar-refractivity contribution >= 4 is 27.7 Å². The first-order chi connectivity index (χ1) is 9.05. The summed E-state index contributed by atoms with van der Waals surface area (Å²) >= 11 is 3.53. The number of hydrogen-bond acceptors (Lipinski definition) is 2. The van der Waals surface area contributed by atoms with Crippen LogP contribution in [0, 0.1) is 6.92 Å². The predicted molar refractivity (Wildman–Crippen MR) is 87.9 cm³/mol. The van der Waals surface area contributed by atoms with Gasteiger partial charge in [-0.1, -0.05) is 41.9 Å². The number of alkyl halides is 1. The van der Waals surface area contributed by atoms with Gasteiger partial charge < -0.3 is 4.74 Å². The van der Waals surface area contributed by atoms with E-state index in [1.807, 2.05) is 39.8 Å². The van der Waals surface area contributed by atoms with Gasteiger partial charge in [0.2, 0.25) is 0 Å². The maximum Gasteiger partial charge on any atom is 0.412 e. The molecule has 112 valence electrons. The minimum atomic E-state index is -0.490. The molecule has 0 atom stereocenters. The molecule has 0 aliphatic heterocycles. The lowest BCUT2D eigenvalue weighted by Gasteiger charge is -2.24. The summed E-state index contributed by atoms with van der Waals surface area (Å²) in [6, 6.07) is 6.08. The fraction of sp³-hybridized carbons (Fsp3) is 0.562. The van der Waals surface area contributed by atoms with Crippen molar-refractivity contribution in [1.29, 1.82) is 0 Å². The zero-order valence-corrected chi connectivity index (χ0v) is 14.7. The molecule has 0 aromatic heterocycles. The lowest BCUT2D eigenvalue weighted by molar-refractivity contribution is 0.0636. The van der Waals surface area contributed by atoms with E-state index in [0.717, 1.165) is 16.6 Å². The van der Waals surface area contributed by atoms with Crippen LogP contribution in [0.1, 0.15) is 45.7 Å². The molecule has 0 aliphatic carbocycles. The van der Waals surface area contributed by atoms with Crippen molar-refractivity contribution in [1.82, 2.24) is 0 Å². The highest BCUT2D eigenvalue weighted by atomic mass is 79.9. The zero-order valence-electron chi connectivity index (χ0n) is 13.1. The smallest absolute Gasteiger partial charge is 0.412 e. The number of amides is 1. The van der Waals surface area contributed by atoms with Gasteiger partial charge in [0.25, 0.3) is 0 Å². The van der Waals surface area contributed by atoms with Crippen molar-refractivity contribution in [2.24, 2.45) is 0 Å². The van der Waals surface area contributed by atoms with Crippen molar-refractivity contribution in [3.05, 3.63) is 29.3 Å². The quantitative estimate of drug-likeness (QED) is 0.784. The zero-order chi connectivity index (χ0) is 15.6. The predicted octanol–water partition coefficient (Wildman–Crippen LogP) is 5.01. The van der Waals surface area contributed by atoms with Gasteiger partial charge in [0.05, 0.1) is 0 Å². The highest BCUT2D eigenvalue weighted by Gasteiger charge is 2.20. The Hall–Kier alpha value is -1.03. The third-order valence-corrected chi connectivity index (χ3v) is 4.38. The molecule has 0 spiro atoms. The average molecular weight is 342 g/mol. The number of nitrogens with one attached hydrogen (secondary N) is 1. The van der Waals surface area contributed by atoms with E-state index in [9.17, 15) is 4.79 Å². The Morgan fingerprint density at radius 2 is 1.85 bits per heavy atom. The number of rotatable bonds is 3. The molecule has 0 bridgehead atoms. The molecular formula is C16H24BrNO2. The van der Waals surface area contributed by atoms with Gasteiger partial charge in [0.1, 0.15) is 5.60 Å². The van der Waals surface area contributed by atoms with Gasteiger partial charge in [0, 0.05) is 11.0 Å². The van der Waals surface area contributed by atoms with Gasteiger partial charge in [-0.3, -0.25) is 5.32 Å². The van der Waals surface area contributed by atoms with Crippen molar-refractivity contribution in [2.45, 2.75) is 52.6 Å². The number of halogens is 1. The summed E-state index contributed by atoms with van der Waals surface area (Å²) in [6.07, 6.45) is -0.423. The SMILES string of the molecule is Cc1cc(C(C)(C)CBr)ccc1NC(=O)OC(C)(C)C. The molecule has 0 radical (unpaired) electrons. The minimum Gasteiger partial charge on any atom is -0.444 e. The number of carbonyl (C=O) groups is 1. The van der Waals surface area contributed by atoms with Crippen LogP contribution < -0.4 is 5.32 Å². The maximum absolute atomic E-state index is 11.8. The number of carbonyl (C=O) groups excluding carboxylic acids is 1. The highest BCUT2D eigenvalue weighted by molar-refractivity contribution is 9.09. The lowest BCUT2D eigenvalue weighted by Crippen LogP contribution is -2.27. The first-order valence-corrected chi connectivity index (χ1v) is 7.84. The molecule has 0 unspecified atom stereocenters. The van der Waals surface area contributed by atoms with Crippen LogP contribution in [0.15, 0.2) is 18.2 Å². The molecule has 3 nitrogen and oxygen atoms in total. The number of anilines is 1. The normalized spacial score (nSPS) is 12.2. The number of hydrogen-bond donors (Lipinski definition) is 1. The van der Waals surface area contributed by atoms with Gasteiger partial charge in [-0.05, 0) is 50.3 Å². The summed E-state index contributed by atoms with van der Waals surface area (Å²) < 4.78 is 5.26. The average Bonchev–Trinajstić information content (AvgIpc) is 2.29. The molecular weight excluding hydrogens is 318 g/mol. The van der Waals surface area contributed by atoms with Crippen molar-refractivity contribution in [3.63, 3.8) is 0 Å². The van der Waals surface area contributed by atoms with E-state index in [1.54, 1.807) is 0 Å². The Kier molecular flexibility index (Phi) is 5.25. The second kappa shape index (κ2) is 6.17. The summed E-state index contributed by atoms with van der Waals surface area (Å²) in [4.78, 5) is 11.8. The summed E-state index contributed by atoms with van der Waals surface area (Å²) in [7, 11) is 0. The summed E-state index contributed by atoms with van der Waals surface area (Å²) in [6.45, 7) is 11.9. The highest BCUT2D eigenvalue weighted by Crippen LogP contribution is 2.28. The maximum atomic E-state index is 11.8. The standard InChI is InChI=1S/C16H24BrNO2/c1-11-9-12(16(5,6)10-17)7-8-13(11)18-14(19)20-15(2,3)4/h7-9H,10H2,1-6H3,(H,18,19). The Morgan fingerprint density at radius 1 is 1.25 bits per heavy atom. The topological polar surface area (TPSA) is 38.3 Å². The molecule has 0 saturated heterocycles. The van der Waals surface area contributed by atoms with E-state index >= 15 is 0 Å². The van der Waals surface area contributed by atoms with E-state index in [-0.39, 0.29) is 5.41 Å². The molecule has 0 saturated carbocycles. The largest absolute Gasteiger partial charge is 0.444 e. The van der Waals surface area contributed by atoms with Crippen LogP contribution in [0.25, 0.3) is 0 Å². The van der Waals surface area contributed by atoms with Crippen LogP contribution in [0.3, 0.4) is 0 Å². The number of aryl methyl sites for hydroxylation is 1.